The van der Waals surface area contributed by atoms with Crippen molar-refractivity contribution in [2.75, 3.05) is 23.3 Å². The summed E-state index contributed by atoms with van der Waals surface area (Å²) in [6.45, 7) is 2.15. The Balaban J connectivity index is 1.66. The number of halogens is 1. The molecule has 0 radical (unpaired) electrons. The van der Waals surface area contributed by atoms with Crippen molar-refractivity contribution in [2.24, 2.45) is 0 Å². The highest BCUT2D eigenvalue weighted by Gasteiger charge is 2.12. The molecule has 1 N–H and O–H groups in total. The van der Waals surface area contributed by atoms with Gasteiger partial charge in [0.05, 0.1) is 11.9 Å². The summed E-state index contributed by atoms with van der Waals surface area (Å²) in [6.07, 6.45) is 6.87. The molecule has 1 saturated heterocycles. The molecule has 1 aliphatic rings. The lowest BCUT2D eigenvalue weighted by atomic mass is 10.2. The highest BCUT2D eigenvalue weighted by Crippen LogP contribution is 2.19. The molecular formula is C18H20BrN3O. The monoisotopic (exact) mass is 373 g/mol. The molecule has 0 bridgehead atoms. The van der Waals surface area contributed by atoms with Crippen LogP contribution in [0, 0.1) is 0 Å². The smallest absolute Gasteiger partial charge is 0.274 e. The topological polar surface area (TPSA) is 45.2 Å². The molecule has 0 atom stereocenters. The maximum atomic E-state index is 12.2. The number of anilines is 2. The van der Waals surface area contributed by atoms with Crippen LogP contribution in [-0.4, -0.2) is 24.0 Å². The van der Waals surface area contributed by atoms with Crippen molar-refractivity contribution in [3.63, 3.8) is 0 Å². The van der Waals surface area contributed by atoms with Gasteiger partial charge in [-0.15, -0.1) is 0 Å². The van der Waals surface area contributed by atoms with E-state index < -0.39 is 0 Å². The van der Waals surface area contributed by atoms with Gasteiger partial charge in [0, 0.05) is 23.2 Å². The van der Waals surface area contributed by atoms with E-state index in [2.05, 4.69) is 31.1 Å². The summed E-state index contributed by atoms with van der Waals surface area (Å²) in [4.78, 5) is 18.9. The maximum Gasteiger partial charge on any atom is 0.274 e. The fourth-order valence-electron chi connectivity index (χ4n) is 2.76. The van der Waals surface area contributed by atoms with Crippen LogP contribution < -0.4 is 10.2 Å². The highest BCUT2D eigenvalue weighted by atomic mass is 79.9. The first-order valence-electron chi connectivity index (χ1n) is 8.00. The number of hydrogen-bond donors (Lipinski definition) is 1. The Bertz CT molecular complexity index is 647. The van der Waals surface area contributed by atoms with Crippen LogP contribution in [0.1, 0.15) is 36.2 Å². The van der Waals surface area contributed by atoms with Gasteiger partial charge < -0.3 is 10.2 Å². The molecule has 0 saturated carbocycles. The molecule has 2 aromatic rings. The maximum absolute atomic E-state index is 12.2. The van der Waals surface area contributed by atoms with Crippen LogP contribution >= 0.6 is 15.9 Å². The molecule has 1 fully saturated rings. The van der Waals surface area contributed by atoms with Crippen LogP contribution in [0.3, 0.4) is 0 Å². The molecule has 1 amide bonds. The number of hydrogen-bond acceptors (Lipinski definition) is 3. The quantitative estimate of drug-likeness (QED) is 0.862. The van der Waals surface area contributed by atoms with E-state index in [1.807, 2.05) is 36.5 Å². The summed E-state index contributed by atoms with van der Waals surface area (Å²) >= 11 is 3.38. The van der Waals surface area contributed by atoms with Gasteiger partial charge in [-0.25, -0.2) is 4.98 Å². The van der Waals surface area contributed by atoms with Crippen LogP contribution in [0.5, 0.6) is 0 Å². The number of carbonyl (C=O) groups is 1. The molecule has 3 rings (SSSR count). The number of rotatable bonds is 3. The van der Waals surface area contributed by atoms with Crippen molar-refractivity contribution in [3.8, 4) is 0 Å². The zero-order chi connectivity index (χ0) is 16.1. The summed E-state index contributed by atoms with van der Waals surface area (Å²) in [5.74, 6) is -0.185. The number of pyridine rings is 1. The molecular weight excluding hydrogens is 354 g/mol. The number of carbonyl (C=O) groups excluding carboxylic acids is 1. The predicted molar refractivity (Wildman–Crippen MR) is 97.0 cm³/mol. The Labute approximate surface area is 145 Å². The van der Waals surface area contributed by atoms with E-state index in [0.29, 0.717) is 5.69 Å². The normalized spacial score (nSPS) is 15.1. The minimum absolute atomic E-state index is 0.185. The molecule has 1 aromatic heterocycles. The first kappa shape index (κ1) is 16.0. The minimum Gasteiger partial charge on any atom is -0.370 e. The van der Waals surface area contributed by atoms with Gasteiger partial charge in [-0.2, -0.15) is 0 Å². The number of amides is 1. The van der Waals surface area contributed by atoms with Gasteiger partial charge in [-0.3, -0.25) is 4.79 Å². The molecule has 4 nitrogen and oxygen atoms in total. The molecule has 23 heavy (non-hydrogen) atoms. The van der Waals surface area contributed by atoms with Crippen LogP contribution in [-0.2, 0) is 0 Å². The average molecular weight is 374 g/mol. The van der Waals surface area contributed by atoms with E-state index in [1.54, 1.807) is 6.07 Å². The minimum atomic E-state index is -0.185. The second kappa shape index (κ2) is 7.59. The zero-order valence-electron chi connectivity index (χ0n) is 13.0. The molecule has 0 spiro atoms. The Morgan fingerprint density at radius 1 is 1.00 bits per heavy atom. The predicted octanol–water partition coefficient (Wildman–Crippen LogP) is 4.48. The van der Waals surface area contributed by atoms with Gasteiger partial charge in [-0.1, -0.05) is 28.8 Å². The van der Waals surface area contributed by atoms with Gasteiger partial charge in [0.25, 0.3) is 5.91 Å². The van der Waals surface area contributed by atoms with Crippen LogP contribution in [0.4, 0.5) is 11.4 Å². The van der Waals surface area contributed by atoms with E-state index >= 15 is 0 Å². The third-order valence-corrected chi connectivity index (χ3v) is 4.58. The number of nitrogens with one attached hydrogen (secondary N) is 1. The molecule has 120 valence electrons. The lowest BCUT2D eigenvalue weighted by Crippen LogP contribution is -2.24. The van der Waals surface area contributed by atoms with Crippen molar-refractivity contribution in [3.05, 3.63) is 52.8 Å². The van der Waals surface area contributed by atoms with Crippen molar-refractivity contribution < 1.29 is 4.79 Å². The summed E-state index contributed by atoms with van der Waals surface area (Å²) in [5.41, 5.74) is 2.30. The largest absolute Gasteiger partial charge is 0.370 e. The lowest BCUT2D eigenvalue weighted by molar-refractivity contribution is 0.102. The molecule has 0 unspecified atom stereocenters. The van der Waals surface area contributed by atoms with Gasteiger partial charge >= 0.3 is 0 Å². The average Bonchev–Trinajstić information content (AvgIpc) is 2.86. The molecule has 5 heteroatoms. The van der Waals surface area contributed by atoms with Crippen molar-refractivity contribution in [1.82, 2.24) is 4.98 Å². The summed E-state index contributed by atoms with van der Waals surface area (Å²) in [6, 6.07) is 11.3. The van der Waals surface area contributed by atoms with E-state index in [0.717, 1.165) is 28.9 Å². The fourth-order valence-corrected chi connectivity index (χ4v) is 3.03. The summed E-state index contributed by atoms with van der Waals surface area (Å²) in [7, 11) is 0. The van der Waals surface area contributed by atoms with Gasteiger partial charge in [0.1, 0.15) is 5.69 Å². The third-order valence-electron chi connectivity index (χ3n) is 4.05. The van der Waals surface area contributed by atoms with Gasteiger partial charge in [-0.05, 0) is 49.2 Å². The molecule has 1 aliphatic heterocycles. The summed E-state index contributed by atoms with van der Waals surface area (Å²) in [5, 5.41) is 2.86. The number of nitrogens with zero attached hydrogens (tertiary/aromatic N) is 2. The first-order valence-corrected chi connectivity index (χ1v) is 8.79. The second-order valence-corrected chi connectivity index (χ2v) is 6.68. The number of benzene rings is 1. The SMILES string of the molecule is O=C(Nc1ccc(Br)cc1)c1ccc(N2CCCCCC2)cn1. The Hall–Kier alpha value is -1.88. The highest BCUT2D eigenvalue weighted by molar-refractivity contribution is 9.10. The Morgan fingerprint density at radius 3 is 2.30 bits per heavy atom. The van der Waals surface area contributed by atoms with E-state index in [4.69, 9.17) is 0 Å². The van der Waals surface area contributed by atoms with Crippen molar-refractivity contribution in [2.45, 2.75) is 25.7 Å². The lowest BCUT2D eigenvalue weighted by Gasteiger charge is -2.22. The van der Waals surface area contributed by atoms with Crippen LogP contribution in [0.25, 0.3) is 0 Å². The molecule has 0 aliphatic carbocycles. The van der Waals surface area contributed by atoms with Crippen LogP contribution in [0.2, 0.25) is 0 Å². The standard InChI is InChI=1S/C18H20BrN3O/c19-14-5-7-15(8-6-14)21-18(23)17-10-9-16(13-20-17)22-11-3-1-2-4-12-22/h5-10,13H,1-4,11-12H2,(H,21,23). The van der Waals surface area contributed by atoms with E-state index in [9.17, 15) is 4.79 Å². The Kier molecular flexibility index (Phi) is 5.28. The zero-order valence-corrected chi connectivity index (χ0v) is 14.6. The second-order valence-electron chi connectivity index (χ2n) is 5.76. The van der Waals surface area contributed by atoms with Gasteiger partial charge in [0.2, 0.25) is 0 Å². The van der Waals surface area contributed by atoms with Crippen molar-refractivity contribution >= 4 is 33.2 Å². The molecule has 1 aromatic carbocycles. The Morgan fingerprint density at radius 2 is 1.70 bits per heavy atom. The fraction of sp³-hybridized carbons (Fsp3) is 0.333. The van der Waals surface area contributed by atoms with Crippen LogP contribution in [0.15, 0.2) is 47.1 Å². The van der Waals surface area contributed by atoms with Gasteiger partial charge in [0.15, 0.2) is 0 Å². The van der Waals surface area contributed by atoms with E-state index in [-0.39, 0.29) is 5.91 Å². The first-order chi connectivity index (χ1) is 11.2. The summed E-state index contributed by atoms with van der Waals surface area (Å²) < 4.78 is 0.982. The number of aromatic nitrogens is 1. The van der Waals surface area contributed by atoms with Crippen molar-refractivity contribution in [1.29, 1.82) is 0 Å². The molecule has 2 heterocycles. The third kappa shape index (κ3) is 4.32. The van der Waals surface area contributed by atoms with E-state index in [1.165, 1.54) is 25.7 Å².